The van der Waals surface area contributed by atoms with Crippen molar-refractivity contribution in [3.05, 3.63) is 46.0 Å². The molecule has 0 saturated heterocycles. The van der Waals surface area contributed by atoms with E-state index >= 15 is 0 Å². The van der Waals surface area contributed by atoms with Gasteiger partial charge in [0.2, 0.25) is 0 Å². The average Bonchev–Trinajstić information content (AvgIpc) is 2.34. The van der Waals surface area contributed by atoms with E-state index in [-0.39, 0.29) is 5.56 Å². The Labute approximate surface area is 113 Å². The van der Waals surface area contributed by atoms with Crippen LogP contribution in [0.4, 0.5) is 8.78 Å². The van der Waals surface area contributed by atoms with Crippen LogP contribution in [0.15, 0.2) is 34.0 Å². The van der Waals surface area contributed by atoms with E-state index in [1.165, 1.54) is 0 Å². The zero-order chi connectivity index (χ0) is 14.0. The third-order valence-electron chi connectivity index (χ3n) is 2.69. The summed E-state index contributed by atoms with van der Waals surface area (Å²) < 4.78 is 24.4. The molecule has 2 aromatic rings. The SMILES string of the molecule is Cc1nc(-c2ccc(SC(F)F)cc2)c(=O)[nH]c1C. The third-order valence-corrected chi connectivity index (χ3v) is 3.41. The Morgan fingerprint density at radius 3 is 2.42 bits per heavy atom. The van der Waals surface area contributed by atoms with Crippen LogP contribution in [0.3, 0.4) is 0 Å². The highest BCUT2D eigenvalue weighted by Gasteiger charge is 2.09. The first-order valence-corrected chi connectivity index (χ1v) is 6.48. The highest BCUT2D eigenvalue weighted by Crippen LogP contribution is 2.26. The van der Waals surface area contributed by atoms with Gasteiger partial charge in [0, 0.05) is 16.2 Å². The summed E-state index contributed by atoms with van der Waals surface area (Å²) in [6.45, 7) is 3.58. The van der Waals surface area contributed by atoms with Crippen LogP contribution in [0.25, 0.3) is 11.3 Å². The molecule has 2 rings (SSSR count). The molecule has 1 N–H and O–H groups in total. The van der Waals surface area contributed by atoms with Crippen molar-refractivity contribution in [2.75, 3.05) is 0 Å². The Morgan fingerprint density at radius 1 is 1.21 bits per heavy atom. The van der Waals surface area contributed by atoms with E-state index in [1.807, 2.05) is 0 Å². The summed E-state index contributed by atoms with van der Waals surface area (Å²) in [7, 11) is 0. The normalized spacial score (nSPS) is 11.0. The standard InChI is InChI=1S/C13H12F2N2OS/c1-7-8(2)17-12(18)11(16-7)9-3-5-10(6-4-9)19-13(14)15/h3-6,13H,1-2H3,(H,17,18). The van der Waals surface area contributed by atoms with E-state index in [9.17, 15) is 13.6 Å². The van der Waals surface area contributed by atoms with Gasteiger partial charge in [-0.3, -0.25) is 4.79 Å². The number of nitrogens with one attached hydrogen (secondary N) is 1. The molecule has 0 atom stereocenters. The van der Waals surface area contributed by atoms with Crippen LogP contribution in [0.5, 0.6) is 0 Å². The Bertz CT molecular complexity index is 638. The molecule has 19 heavy (non-hydrogen) atoms. The van der Waals surface area contributed by atoms with E-state index in [2.05, 4.69) is 9.97 Å². The van der Waals surface area contributed by atoms with Gasteiger partial charge in [-0.2, -0.15) is 8.78 Å². The van der Waals surface area contributed by atoms with Crippen molar-refractivity contribution in [3.8, 4) is 11.3 Å². The van der Waals surface area contributed by atoms with Crippen molar-refractivity contribution >= 4 is 11.8 Å². The summed E-state index contributed by atoms with van der Waals surface area (Å²) >= 11 is 0.472. The maximum absolute atomic E-state index is 12.2. The second-order valence-corrected chi connectivity index (χ2v) is 5.09. The van der Waals surface area contributed by atoms with Gasteiger partial charge >= 0.3 is 0 Å². The van der Waals surface area contributed by atoms with Gasteiger partial charge in [0.05, 0.1) is 5.69 Å². The van der Waals surface area contributed by atoms with Crippen LogP contribution in [0, 0.1) is 13.8 Å². The minimum atomic E-state index is -2.45. The molecule has 0 fully saturated rings. The van der Waals surface area contributed by atoms with Crippen LogP contribution in [-0.4, -0.2) is 15.7 Å². The molecule has 100 valence electrons. The molecule has 0 aliphatic rings. The number of hydrogen-bond donors (Lipinski definition) is 1. The average molecular weight is 282 g/mol. The van der Waals surface area contributed by atoms with E-state index < -0.39 is 5.76 Å². The van der Waals surface area contributed by atoms with Gasteiger partial charge in [-0.25, -0.2) is 4.98 Å². The number of aryl methyl sites for hydroxylation is 2. The fourth-order valence-corrected chi connectivity index (χ4v) is 2.11. The van der Waals surface area contributed by atoms with Gasteiger partial charge in [-0.15, -0.1) is 0 Å². The van der Waals surface area contributed by atoms with Gasteiger partial charge in [0.25, 0.3) is 11.3 Å². The number of rotatable bonds is 3. The molecule has 1 aromatic heterocycles. The Morgan fingerprint density at radius 2 is 1.84 bits per heavy atom. The molecule has 0 radical (unpaired) electrons. The number of H-pyrrole nitrogens is 1. The van der Waals surface area contributed by atoms with Crippen molar-refractivity contribution < 1.29 is 8.78 Å². The maximum Gasteiger partial charge on any atom is 0.288 e. The number of aromatic nitrogens is 2. The predicted octanol–water partition coefficient (Wildman–Crippen LogP) is 3.37. The molecule has 0 aliphatic heterocycles. The van der Waals surface area contributed by atoms with E-state index in [0.717, 1.165) is 11.4 Å². The lowest BCUT2D eigenvalue weighted by Crippen LogP contribution is -2.14. The van der Waals surface area contributed by atoms with Crippen LogP contribution >= 0.6 is 11.8 Å². The van der Waals surface area contributed by atoms with Gasteiger partial charge < -0.3 is 4.98 Å². The molecule has 3 nitrogen and oxygen atoms in total. The summed E-state index contributed by atoms with van der Waals surface area (Å²) in [4.78, 5) is 19.2. The predicted molar refractivity (Wildman–Crippen MR) is 71.6 cm³/mol. The first-order valence-electron chi connectivity index (χ1n) is 5.60. The zero-order valence-electron chi connectivity index (χ0n) is 10.4. The van der Waals surface area contributed by atoms with Gasteiger partial charge in [0.15, 0.2) is 0 Å². The maximum atomic E-state index is 12.2. The molecule has 0 spiro atoms. The van der Waals surface area contributed by atoms with Gasteiger partial charge in [0.1, 0.15) is 5.69 Å². The molecule has 0 aliphatic carbocycles. The number of benzene rings is 1. The van der Waals surface area contributed by atoms with Crippen molar-refractivity contribution in [2.24, 2.45) is 0 Å². The molecule has 0 saturated carbocycles. The Kier molecular flexibility index (Phi) is 3.99. The third kappa shape index (κ3) is 3.20. The molecule has 1 heterocycles. The summed E-state index contributed by atoms with van der Waals surface area (Å²) in [5, 5.41) is 0. The van der Waals surface area contributed by atoms with E-state index in [1.54, 1.807) is 38.1 Å². The van der Waals surface area contributed by atoms with Crippen molar-refractivity contribution in [1.29, 1.82) is 0 Å². The molecule has 0 unspecified atom stereocenters. The molecule has 0 bridgehead atoms. The fraction of sp³-hybridized carbons (Fsp3) is 0.231. The van der Waals surface area contributed by atoms with E-state index in [0.29, 0.717) is 27.9 Å². The first kappa shape index (κ1) is 13.7. The number of alkyl halides is 2. The molecular formula is C13H12F2N2OS. The van der Waals surface area contributed by atoms with Crippen molar-refractivity contribution in [1.82, 2.24) is 9.97 Å². The lowest BCUT2D eigenvalue weighted by atomic mass is 10.1. The number of hydrogen-bond acceptors (Lipinski definition) is 3. The number of halogens is 2. The largest absolute Gasteiger partial charge is 0.323 e. The van der Waals surface area contributed by atoms with Crippen LogP contribution < -0.4 is 5.56 Å². The monoisotopic (exact) mass is 282 g/mol. The smallest absolute Gasteiger partial charge is 0.288 e. The van der Waals surface area contributed by atoms with Crippen LogP contribution in [-0.2, 0) is 0 Å². The summed E-state index contributed by atoms with van der Waals surface area (Å²) in [6.07, 6.45) is 0. The van der Waals surface area contributed by atoms with Crippen LogP contribution in [0.1, 0.15) is 11.4 Å². The second kappa shape index (κ2) is 5.52. The van der Waals surface area contributed by atoms with E-state index in [4.69, 9.17) is 0 Å². The Hall–Kier alpha value is -1.69. The fourth-order valence-electron chi connectivity index (χ4n) is 1.61. The van der Waals surface area contributed by atoms with Gasteiger partial charge in [-0.1, -0.05) is 23.9 Å². The molecule has 6 heteroatoms. The lowest BCUT2D eigenvalue weighted by molar-refractivity contribution is 0.252. The number of nitrogens with zero attached hydrogens (tertiary/aromatic N) is 1. The molecule has 1 aromatic carbocycles. The topological polar surface area (TPSA) is 45.8 Å². The number of thioether (sulfide) groups is 1. The van der Waals surface area contributed by atoms with Crippen LogP contribution in [0.2, 0.25) is 0 Å². The van der Waals surface area contributed by atoms with Crippen molar-refractivity contribution in [2.45, 2.75) is 24.5 Å². The van der Waals surface area contributed by atoms with Crippen molar-refractivity contribution in [3.63, 3.8) is 0 Å². The first-order chi connectivity index (χ1) is 8.97. The number of aromatic amines is 1. The second-order valence-electron chi connectivity index (χ2n) is 4.03. The molecule has 0 amide bonds. The summed E-state index contributed by atoms with van der Waals surface area (Å²) in [6, 6.07) is 6.36. The quantitative estimate of drug-likeness (QED) is 0.878. The molecular weight excluding hydrogens is 270 g/mol. The highest BCUT2D eigenvalue weighted by atomic mass is 32.2. The van der Waals surface area contributed by atoms with Gasteiger partial charge in [-0.05, 0) is 26.0 Å². The Balaban J connectivity index is 2.37. The highest BCUT2D eigenvalue weighted by molar-refractivity contribution is 7.99. The lowest BCUT2D eigenvalue weighted by Gasteiger charge is -2.05. The zero-order valence-corrected chi connectivity index (χ0v) is 11.2. The summed E-state index contributed by atoms with van der Waals surface area (Å²) in [5.41, 5.74) is 2.09. The summed E-state index contributed by atoms with van der Waals surface area (Å²) in [5.74, 6) is -2.45. The minimum absolute atomic E-state index is 0.280. The minimum Gasteiger partial charge on any atom is -0.323 e.